The van der Waals surface area contributed by atoms with Gasteiger partial charge >= 0.3 is 0 Å². The van der Waals surface area contributed by atoms with Crippen LogP contribution in [0.4, 0.5) is 4.39 Å². The van der Waals surface area contributed by atoms with Crippen LogP contribution in [0.1, 0.15) is 142 Å². The Balaban J connectivity index is 0.000000182. The van der Waals surface area contributed by atoms with Crippen molar-refractivity contribution >= 4 is 5.91 Å². The fourth-order valence-corrected chi connectivity index (χ4v) is 13.6. The molecule has 4 fully saturated rings. The maximum atomic E-state index is 14.4. The molecule has 372 valence electrons. The standard InChI is InChI=1S/C29H36FN3O.C29H35N3O2.C2H6/c30-26-9-8-23-12-15-32-29(28(23)20-26,24-4-1-2-5-24)25-13-17-33(18-14-25)16-3-19-34-27-10-6-22(21-31)7-11-27;30-20-22-10-12-25(13-11-22)34-19-5-16-32-17-14-24(15-18-32)29(23-6-1-2-7-23)21-31-28(33)26-8-3-4-9-27(26)29;1-2/h6-11,20,24-25,32H,1-5,12-19H2;3-4,8-13,23-24H,1-2,5-7,14-19,21H2,(H,31,33);1-2H3. The van der Waals surface area contributed by atoms with Crippen LogP contribution in [0.15, 0.2) is 91.0 Å². The van der Waals surface area contributed by atoms with Gasteiger partial charge in [-0.05, 0) is 204 Å². The van der Waals surface area contributed by atoms with Crippen molar-refractivity contribution in [3.05, 3.63) is 130 Å². The Hall–Kier alpha value is -5.26. The topological polar surface area (TPSA) is 114 Å². The van der Waals surface area contributed by atoms with Gasteiger partial charge in [0.1, 0.15) is 17.3 Å². The van der Waals surface area contributed by atoms with Crippen LogP contribution in [0.25, 0.3) is 0 Å². The zero-order valence-electron chi connectivity index (χ0n) is 42.0. The van der Waals surface area contributed by atoms with Crippen LogP contribution < -0.4 is 20.1 Å². The van der Waals surface area contributed by atoms with Gasteiger partial charge in [0, 0.05) is 42.7 Å². The van der Waals surface area contributed by atoms with Crippen molar-refractivity contribution in [2.24, 2.45) is 23.7 Å². The first-order valence-electron chi connectivity index (χ1n) is 27.0. The van der Waals surface area contributed by atoms with E-state index < -0.39 is 0 Å². The SMILES string of the molecule is CC.N#Cc1ccc(OCCCN2CCC(C3(C4CCCC4)CNC(=O)c4ccccc43)CC2)cc1.N#Cc1ccc(OCCCN2CCC(C3(C4CCCC4)NCCc4ccc(F)cc43)CC2)cc1. The second kappa shape index (κ2) is 24.7. The van der Waals surface area contributed by atoms with Gasteiger partial charge in [0.25, 0.3) is 5.91 Å². The van der Waals surface area contributed by atoms with Gasteiger partial charge in [-0.1, -0.05) is 63.8 Å². The molecule has 2 saturated heterocycles. The Morgan fingerprint density at radius 1 is 0.643 bits per heavy atom. The number of nitriles is 2. The van der Waals surface area contributed by atoms with Crippen LogP contribution >= 0.6 is 0 Å². The van der Waals surface area contributed by atoms with E-state index >= 15 is 0 Å². The van der Waals surface area contributed by atoms with Crippen molar-refractivity contribution in [2.75, 3.05) is 65.6 Å². The van der Waals surface area contributed by atoms with Crippen LogP contribution in [0.5, 0.6) is 11.5 Å². The molecule has 2 unspecified atom stereocenters. The van der Waals surface area contributed by atoms with E-state index in [9.17, 15) is 9.18 Å². The molecule has 10 rings (SSSR count). The van der Waals surface area contributed by atoms with Gasteiger partial charge in [0.2, 0.25) is 0 Å². The van der Waals surface area contributed by atoms with Crippen LogP contribution in [-0.4, -0.2) is 81.3 Å². The van der Waals surface area contributed by atoms with E-state index in [-0.39, 0.29) is 22.7 Å². The number of piperidine rings is 2. The third-order valence-electron chi connectivity index (χ3n) is 16.9. The summed E-state index contributed by atoms with van der Waals surface area (Å²) in [6.45, 7) is 13.7. The maximum absolute atomic E-state index is 14.4. The van der Waals surface area contributed by atoms with Gasteiger partial charge in [0.05, 0.1) is 36.5 Å². The summed E-state index contributed by atoms with van der Waals surface area (Å²) >= 11 is 0. The molecule has 4 aromatic carbocycles. The summed E-state index contributed by atoms with van der Waals surface area (Å²) < 4.78 is 26.2. The Morgan fingerprint density at radius 2 is 1.14 bits per heavy atom. The fraction of sp³-hybridized carbons (Fsp3) is 0.550. The van der Waals surface area contributed by atoms with Crippen molar-refractivity contribution < 1.29 is 18.7 Å². The number of fused-ring (bicyclic) bond motifs is 2. The molecule has 9 nitrogen and oxygen atoms in total. The molecule has 2 N–H and O–H groups in total. The molecule has 70 heavy (non-hydrogen) atoms. The molecule has 4 heterocycles. The molecule has 10 heteroatoms. The first-order chi connectivity index (χ1) is 34.4. The summed E-state index contributed by atoms with van der Waals surface area (Å²) in [5.41, 5.74) is 6.19. The number of hydrogen-bond donors (Lipinski definition) is 2. The Labute approximate surface area is 418 Å². The Morgan fingerprint density at radius 3 is 1.70 bits per heavy atom. The lowest BCUT2D eigenvalue weighted by atomic mass is 9.57. The number of likely N-dealkylation sites (tertiary alicyclic amines) is 2. The van der Waals surface area contributed by atoms with Crippen LogP contribution in [0.3, 0.4) is 0 Å². The fourth-order valence-electron chi connectivity index (χ4n) is 13.6. The predicted octanol–water partition coefficient (Wildman–Crippen LogP) is 11.3. The van der Waals surface area contributed by atoms with E-state index in [1.807, 2.05) is 62.4 Å². The number of halogens is 1. The van der Waals surface area contributed by atoms with Crippen LogP contribution in [0, 0.1) is 52.2 Å². The number of rotatable bonds is 14. The minimum atomic E-state index is -0.0930. The van der Waals surface area contributed by atoms with Crippen molar-refractivity contribution in [3.8, 4) is 23.6 Å². The lowest BCUT2D eigenvalue weighted by Crippen LogP contribution is -2.58. The molecule has 6 aliphatic rings. The van der Waals surface area contributed by atoms with Gasteiger partial charge < -0.3 is 29.9 Å². The second-order valence-corrected chi connectivity index (χ2v) is 20.5. The lowest BCUT2D eigenvalue weighted by molar-refractivity contribution is 0.0540. The summed E-state index contributed by atoms with van der Waals surface area (Å²) in [6.07, 6.45) is 18.0. The summed E-state index contributed by atoms with van der Waals surface area (Å²) in [5, 5.41) is 25.1. The number of hydrogen-bond acceptors (Lipinski definition) is 8. The number of ether oxygens (including phenoxy) is 2. The van der Waals surface area contributed by atoms with Crippen molar-refractivity contribution in [1.29, 1.82) is 10.5 Å². The van der Waals surface area contributed by atoms with Gasteiger partial charge in [-0.15, -0.1) is 0 Å². The first-order valence-corrected chi connectivity index (χ1v) is 27.0. The number of carbonyl (C=O) groups excluding carboxylic acids is 1. The highest BCUT2D eigenvalue weighted by atomic mass is 19.1. The number of nitrogens with one attached hydrogen (secondary N) is 2. The van der Waals surface area contributed by atoms with Crippen LogP contribution in [-0.2, 0) is 17.4 Å². The average Bonchev–Trinajstić information content (AvgIpc) is 4.18. The lowest BCUT2D eigenvalue weighted by Gasteiger charge is -2.52. The second-order valence-electron chi connectivity index (χ2n) is 20.5. The van der Waals surface area contributed by atoms with E-state index in [2.05, 4.69) is 44.7 Å². The molecule has 0 radical (unpaired) electrons. The molecule has 1 amide bonds. The number of carbonyl (C=O) groups is 1. The van der Waals surface area contributed by atoms with Gasteiger partial charge in [-0.3, -0.25) is 4.79 Å². The summed E-state index contributed by atoms with van der Waals surface area (Å²) in [4.78, 5) is 17.8. The minimum absolute atomic E-state index is 0.0586. The highest BCUT2D eigenvalue weighted by Crippen LogP contribution is 2.53. The molecule has 4 aromatic rings. The zero-order chi connectivity index (χ0) is 48.8. The van der Waals surface area contributed by atoms with Gasteiger partial charge in [0.15, 0.2) is 0 Å². The van der Waals surface area contributed by atoms with E-state index in [1.165, 1.54) is 80.9 Å². The Bertz CT molecular complexity index is 2370. The zero-order valence-corrected chi connectivity index (χ0v) is 42.0. The average molecular weight is 949 g/mol. The smallest absolute Gasteiger partial charge is 0.251 e. The molecule has 2 saturated carbocycles. The van der Waals surface area contributed by atoms with E-state index in [0.717, 1.165) is 102 Å². The molecular weight excluding hydrogens is 872 g/mol. The largest absolute Gasteiger partial charge is 0.494 e. The van der Waals surface area contributed by atoms with E-state index in [0.29, 0.717) is 48.0 Å². The van der Waals surface area contributed by atoms with Crippen molar-refractivity contribution in [2.45, 2.75) is 121 Å². The van der Waals surface area contributed by atoms with Crippen molar-refractivity contribution in [3.63, 3.8) is 0 Å². The quantitative estimate of drug-likeness (QED) is 0.120. The Kier molecular flexibility index (Phi) is 18.0. The van der Waals surface area contributed by atoms with Gasteiger partial charge in [-0.2, -0.15) is 10.5 Å². The van der Waals surface area contributed by atoms with E-state index in [1.54, 1.807) is 30.3 Å². The number of nitrogens with zero attached hydrogens (tertiary/aromatic N) is 4. The van der Waals surface area contributed by atoms with Crippen molar-refractivity contribution in [1.82, 2.24) is 20.4 Å². The first kappa shape index (κ1) is 51.1. The molecule has 0 bridgehead atoms. The molecule has 2 atom stereocenters. The minimum Gasteiger partial charge on any atom is -0.494 e. The van der Waals surface area contributed by atoms with Gasteiger partial charge in [-0.25, -0.2) is 4.39 Å². The number of amides is 1. The summed E-state index contributed by atoms with van der Waals surface area (Å²) in [6, 6.07) is 32.9. The third-order valence-corrected chi connectivity index (χ3v) is 16.9. The van der Waals surface area contributed by atoms with Crippen LogP contribution in [0.2, 0.25) is 0 Å². The predicted molar refractivity (Wildman–Crippen MR) is 276 cm³/mol. The highest BCUT2D eigenvalue weighted by molar-refractivity contribution is 5.97. The maximum Gasteiger partial charge on any atom is 0.251 e. The normalized spacial score (nSPS) is 23.3. The highest BCUT2D eigenvalue weighted by Gasteiger charge is 2.52. The molecule has 0 spiro atoms. The monoisotopic (exact) mass is 949 g/mol. The third kappa shape index (κ3) is 11.6. The summed E-state index contributed by atoms with van der Waals surface area (Å²) in [7, 11) is 0. The summed E-state index contributed by atoms with van der Waals surface area (Å²) in [5.74, 6) is 4.12. The number of benzene rings is 4. The molecular formula is C60H77FN6O3. The molecule has 2 aliphatic carbocycles. The molecule has 4 aliphatic heterocycles. The van der Waals surface area contributed by atoms with E-state index in [4.69, 9.17) is 20.0 Å². The molecule has 0 aromatic heterocycles.